The SMILES string of the molecule is CC(C)C(=O)N1CCO[C@@H](c2nc(N(C)C)ncc2-c2cccc(C(N)=O)c2)C1. The average molecular weight is 397 g/mol. The van der Waals surface area contributed by atoms with Crippen molar-refractivity contribution in [1.29, 1.82) is 0 Å². The molecule has 1 aromatic heterocycles. The summed E-state index contributed by atoms with van der Waals surface area (Å²) in [6, 6.07) is 7.04. The number of primary amides is 1. The van der Waals surface area contributed by atoms with Gasteiger partial charge in [-0.15, -0.1) is 0 Å². The molecule has 1 aliphatic heterocycles. The summed E-state index contributed by atoms with van der Waals surface area (Å²) in [6.07, 6.45) is 1.34. The van der Waals surface area contributed by atoms with E-state index in [4.69, 9.17) is 15.5 Å². The van der Waals surface area contributed by atoms with Gasteiger partial charge in [0.2, 0.25) is 17.8 Å². The van der Waals surface area contributed by atoms with Crippen LogP contribution in [0.1, 0.15) is 36.0 Å². The summed E-state index contributed by atoms with van der Waals surface area (Å²) in [5.74, 6) is 0.0632. The Labute approximate surface area is 170 Å². The lowest BCUT2D eigenvalue weighted by molar-refractivity contribution is -0.142. The molecule has 8 nitrogen and oxygen atoms in total. The van der Waals surface area contributed by atoms with Gasteiger partial charge in [0.15, 0.2) is 0 Å². The fourth-order valence-electron chi connectivity index (χ4n) is 3.29. The predicted octanol–water partition coefficient (Wildman–Crippen LogP) is 1.86. The minimum atomic E-state index is -0.498. The van der Waals surface area contributed by atoms with Gasteiger partial charge in [-0.25, -0.2) is 9.97 Å². The quantitative estimate of drug-likeness (QED) is 0.826. The Morgan fingerprint density at radius 3 is 2.72 bits per heavy atom. The fourth-order valence-corrected chi connectivity index (χ4v) is 3.29. The third-order valence-electron chi connectivity index (χ3n) is 4.84. The summed E-state index contributed by atoms with van der Waals surface area (Å²) >= 11 is 0. The molecule has 0 spiro atoms. The van der Waals surface area contributed by atoms with Crippen LogP contribution in [0.4, 0.5) is 5.95 Å². The van der Waals surface area contributed by atoms with Gasteiger partial charge in [-0.1, -0.05) is 26.0 Å². The van der Waals surface area contributed by atoms with Crippen molar-refractivity contribution >= 4 is 17.8 Å². The van der Waals surface area contributed by atoms with Crippen molar-refractivity contribution in [2.24, 2.45) is 11.7 Å². The van der Waals surface area contributed by atoms with Gasteiger partial charge in [0.05, 0.1) is 18.8 Å². The second kappa shape index (κ2) is 8.57. The van der Waals surface area contributed by atoms with Crippen molar-refractivity contribution in [3.05, 3.63) is 41.7 Å². The summed E-state index contributed by atoms with van der Waals surface area (Å²) in [4.78, 5) is 36.9. The minimum absolute atomic E-state index is 0.0804. The lowest BCUT2D eigenvalue weighted by Crippen LogP contribution is -2.44. The highest BCUT2D eigenvalue weighted by Gasteiger charge is 2.30. The van der Waals surface area contributed by atoms with E-state index >= 15 is 0 Å². The van der Waals surface area contributed by atoms with Gasteiger partial charge in [0.1, 0.15) is 6.10 Å². The van der Waals surface area contributed by atoms with Crippen molar-refractivity contribution < 1.29 is 14.3 Å². The van der Waals surface area contributed by atoms with Gasteiger partial charge >= 0.3 is 0 Å². The van der Waals surface area contributed by atoms with E-state index in [2.05, 4.69) is 4.98 Å². The van der Waals surface area contributed by atoms with Crippen LogP contribution in [-0.2, 0) is 9.53 Å². The number of carbonyl (C=O) groups is 2. The molecule has 1 saturated heterocycles. The van der Waals surface area contributed by atoms with Crippen molar-refractivity contribution in [2.75, 3.05) is 38.7 Å². The summed E-state index contributed by atoms with van der Waals surface area (Å²) in [6.45, 7) is 5.20. The zero-order valence-electron chi connectivity index (χ0n) is 17.3. The molecule has 1 aliphatic rings. The van der Waals surface area contributed by atoms with E-state index < -0.39 is 5.91 Å². The topological polar surface area (TPSA) is 102 Å². The molecule has 1 fully saturated rings. The second-order valence-electron chi connectivity index (χ2n) is 7.61. The number of nitrogens with zero attached hydrogens (tertiary/aromatic N) is 4. The fraction of sp³-hybridized carbons (Fsp3) is 0.429. The Hall–Kier alpha value is -3.00. The van der Waals surface area contributed by atoms with E-state index in [9.17, 15) is 9.59 Å². The van der Waals surface area contributed by atoms with Crippen LogP contribution in [0.5, 0.6) is 0 Å². The molecule has 0 aliphatic carbocycles. The molecule has 2 amide bonds. The predicted molar refractivity (Wildman–Crippen MR) is 110 cm³/mol. The molecule has 1 aromatic carbocycles. The molecule has 2 heterocycles. The third-order valence-corrected chi connectivity index (χ3v) is 4.84. The number of nitrogens with two attached hydrogens (primary N) is 1. The average Bonchev–Trinajstić information content (AvgIpc) is 2.72. The van der Waals surface area contributed by atoms with Crippen molar-refractivity contribution in [1.82, 2.24) is 14.9 Å². The first kappa shape index (κ1) is 20.7. The first-order valence-electron chi connectivity index (χ1n) is 9.62. The summed E-state index contributed by atoms with van der Waals surface area (Å²) in [5.41, 5.74) is 8.06. The molecule has 0 bridgehead atoms. The van der Waals surface area contributed by atoms with Crippen LogP contribution in [0.3, 0.4) is 0 Å². The number of benzene rings is 1. The van der Waals surface area contributed by atoms with Crippen molar-refractivity contribution in [3.8, 4) is 11.1 Å². The largest absolute Gasteiger partial charge is 0.368 e. The number of aromatic nitrogens is 2. The number of carbonyl (C=O) groups excluding carboxylic acids is 2. The molecule has 2 aromatic rings. The van der Waals surface area contributed by atoms with E-state index in [1.165, 1.54) is 0 Å². The first-order chi connectivity index (χ1) is 13.8. The van der Waals surface area contributed by atoms with Crippen LogP contribution in [0, 0.1) is 5.92 Å². The Morgan fingerprint density at radius 1 is 1.31 bits per heavy atom. The van der Waals surface area contributed by atoms with Crippen LogP contribution in [0.25, 0.3) is 11.1 Å². The van der Waals surface area contributed by atoms with E-state index in [0.717, 1.165) is 11.1 Å². The Morgan fingerprint density at radius 2 is 2.07 bits per heavy atom. The lowest BCUT2D eigenvalue weighted by Gasteiger charge is -2.34. The molecule has 0 radical (unpaired) electrons. The minimum Gasteiger partial charge on any atom is -0.368 e. The Balaban J connectivity index is 2.04. The zero-order chi connectivity index (χ0) is 21.1. The van der Waals surface area contributed by atoms with Crippen LogP contribution in [0.2, 0.25) is 0 Å². The highest BCUT2D eigenvalue weighted by Crippen LogP contribution is 2.32. The van der Waals surface area contributed by atoms with Crippen molar-refractivity contribution in [2.45, 2.75) is 20.0 Å². The highest BCUT2D eigenvalue weighted by atomic mass is 16.5. The van der Waals surface area contributed by atoms with Crippen LogP contribution in [-0.4, -0.2) is 60.5 Å². The second-order valence-corrected chi connectivity index (χ2v) is 7.61. The molecule has 29 heavy (non-hydrogen) atoms. The first-order valence-corrected chi connectivity index (χ1v) is 9.62. The van der Waals surface area contributed by atoms with Gasteiger partial charge < -0.3 is 20.3 Å². The maximum absolute atomic E-state index is 12.5. The molecule has 1 atom stereocenters. The van der Waals surface area contributed by atoms with E-state index in [0.29, 0.717) is 36.9 Å². The molecule has 3 rings (SSSR count). The standard InChI is InChI=1S/C21H27N5O3/c1-13(2)20(28)26-8-9-29-17(12-26)18-16(11-23-21(24-18)25(3)4)14-6-5-7-15(10-14)19(22)27/h5-7,10-11,13,17H,8-9,12H2,1-4H3,(H2,22,27)/t17-/m1/s1. The highest BCUT2D eigenvalue weighted by molar-refractivity contribution is 5.94. The summed E-state index contributed by atoms with van der Waals surface area (Å²) in [5, 5.41) is 0. The molecule has 154 valence electrons. The summed E-state index contributed by atoms with van der Waals surface area (Å²) < 4.78 is 6.00. The maximum Gasteiger partial charge on any atom is 0.248 e. The van der Waals surface area contributed by atoms with Crippen LogP contribution >= 0.6 is 0 Å². The molecule has 2 N–H and O–H groups in total. The van der Waals surface area contributed by atoms with Crippen molar-refractivity contribution in [3.63, 3.8) is 0 Å². The maximum atomic E-state index is 12.5. The number of ether oxygens (including phenoxy) is 1. The van der Waals surface area contributed by atoms with Gasteiger partial charge in [0, 0.05) is 43.9 Å². The third kappa shape index (κ3) is 4.54. The normalized spacial score (nSPS) is 16.7. The van der Waals surface area contributed by atoms with E-state index in [1.807, 2.05) is 43.8 Å². The Bertz CT molecular complexity index is 913. The van der Waals surface area contributed by atoms with E-state index in [-0.39, 0.29) is 17.9 Å². The number of morpholine rings is 1. The number of hydrogen-bond acceptors (Lipinski definition) is 6. The molecular weight excluding hydrogens is 370 g/mol. The van der Waals surface area contributed by atoms with Gasteiger partial charge in [-0.2, -0.15) is 0 Å². The van der Waals surface area contributed by atoms with Crippen LogP contribution in [0.15, 0.2) is 30.5 Å². The van der Waals surface area contributed by atoms with Gasteiger partial charge in [-0.05, 0) is 17.7 Å². The number of hydrogen-bond donors (Lipinski definition) is 1. The smallest absolute Gasteiger partial charge is 0.248 e. The number of anilines is 1. The van der Waals surface area contributed by atoms with Crippen LogP contribution < -0.4 is 10.6 Å². The molecular formula is C21H27N5O3. The van der Waals surface area contributed by atoms with Gasteiger partial charge in [0.25, 0.3) is 0 Å². The Kier molecular flexibility index (Phi) is 6.12. The van der Waals surface area contributed by atoms with Gasteiger partial charge in [-0.3, -0.25) is 9.59 Å². The zero-order valence-corrected chi connectivity index (χ0v) is 17.3. The summed E-state index contributed by atoms with van der Waals surface area (Å²) in [7, 11) is 3.73. The molecule has 8 heteroatoms. The molecule has 0 unspecified atom stereocenters. The molecule has 0 saturated carbocycles. The number of rotatable bonds is 5. The van der Waals surface area contributed by atoms with E-state index in [1.54, 1.807) is 24.4 Å². The number of amides is 2. The lowest BCUT2D eigenvalue weighted by atomic mass is 9.99. The monoisotopic (exact) mass is 397 g/mol.